The van der Waals surface area contributed by atoms with E-state index < -0.39 is 15.6 Å². The summed E-state index contributed by atoms with van der Waals surface area (Å²) in [6.45, 7) is 6.26. The van der Waals surface area contributed by atoms with Crippen molar-refractivity contribution < 1.29 is 13.5 Å². The Balaban J connectivity index is 2.03. The summed E-state index contributed by atoms with van der Waals surface area (Å²) in [5, 5.41) is 9.82. The number of sulfonamides is 1. The van der Waals surface area contributed by atoms with Gasteiger partial charge < -0.3 is 5.11 Å². The monoisotopic (exact) mass is 376 g/mol. The van der Waals surface area contributed by atoms with Gasteiger partial charge in [-0.2, -0.15) is 4.31 Å². The number of aliphatic hydroxyl groups is 1. The third-order valence-electron chi connectivity index (χ3n) is 3.39. The van der Waals surface area contributed by atoms with E-state index in [1.165, 1.54) is 4.31 Å². The van der Waals surface area contributed by atoms with Crippen molar-refractivity contribution in [2.24, 2.45) is 0 Å². The molecule has 0 aliphatic carbocycles. The van der Waals surface area contributed by atoms with Crippen molar-refractivity contribution in [3.05, 3.63) is 28.7 Å². The van der Waals surface area contributed by atoms with E-state index in [-0.39, 0.29) is 0 Å². The van der Waals surface area contributed by atoms with E-state index >= 15 is 0 Å². The Bertz CT molecular complexity index is 573. The number of piperazine rings is 1. The Kier molecular flexibility index (Phi) is 5.10. The molecule has 0 aromatic heterocycles. The highest BCUT2D eigenvalue weighted by Gasteiger charge is 2.30. The highest BCUT2D eigenvalue weighted by atomic mass is 79.9. The molecule has 1 N–H and O–H groups in total. The molecule has 1 aromatic carbocycles. The number of nitrogens with zero attached hydrogens (tertiary/aromatic N) is 2. The fraction of sp³-hybridized carbons (Fsp3) is 0.571. The molecular formula is C14H21BrN2O3S. The molecule has 118 valence electrons. The molecular weight excluding hydrogens is 356 g/mol. The molecule has 0 spiro atoms. The molecule has 0 saturated carbocycles. The third kappa shape index (κ3) is 4.50. The Hall–Kier alpha value is -0.470. The standard InChI is InChI=1S/C14H21BrN2O3S/c1-14(2,18)11-16-7-9-17(10-8-16)21(19,20)13-5-3-12(15)4-6-13/h3-6,18H,7-11H2,1-2H3. The molecule has 2 rings (SSSR count). The fourth-order valence-corrected chi connectivity index (χ4v) is 4.12. The zero-order valence-electron chi connectivity index (χ0n) is 12.3. The first-order valence-electron chi connectivity index (χ1n) is 6.89. The van der Waals surface area contributed by atoms with Crippen LogP contribution in [-0.2, 0) is 10.0 Å². The fourth-order valence-electron chi connectivity index (χ4n) is 2.43. The lowest BCUT2D eigenvalue weighted by Gasteiger charge is -2.36. The van der Waals surface area contributed by atoms with Crippen LogP contribution in [0.1, 0.15) is 13.8 Å². The number of rotatable bonds is 4. The van der Waals surface area contributed by atoms with Gasteiger partial charge in [0.05, 0.1) is 10.5 Å². The van der Waals surface area contributed by atoms with E-state index in [2.05, 4.69) is 20.8 Å². The first-order valence-corrected chi connectivity index (χ1v) is 9.12. The molecule has 0 radical (unpaired) electrons. The minimum Gasteiger partial charge on any atom is -0.389 e. The summed E-state index contributed by atoms with van der Waals surface area (Å²) < 4.78 is 27.4. The maximum atomic E-state index is 12.5. The SMILES string of the molecule is CC(C)(O)CN1CCN(S(=O)(=O)c2ccc(Br)cc2)CC1. The number of hydrogen-bond donors (Lipinski definition) is 1. The molecule has 1 aliphatic heterocycles. The average Bonchev–Trinajstić information content (AvgIpc) is 2.38. The number of halogens is 1. The first kappa shape index (κ1) is 16.9. The molecule has 1 fully saturated rings. The van der Waals surface area contributed by atoms with E-state index in [0.717, 1.165) is 4.47 Å². The van der Waals surface area contributed by atoms with Gasteiger partial charge in [-0.05, 0) is 38.1 Å². The molecule has 1 heterocycles. The first-order chi connectivity index (χ1) is 9.68. The molecule has 0 bridgehead atoms. The van der Waals surface area contributed by atoms with Gasteiger partial charge in [0.2, 0.25) is 10.0 Å². The largest absolute Gasteiger partial charge is 0.389 e. The molecule has 0 amide bonds. The van der Waals surface area contributed by atoms with Gasteiger partial charge in [-0.1, -0.05) is 15.9 Å². The van der Waals surface area contributed by atoms with Crippen LogP contribution in [-0.4, -0.2) is 61.1 Å². The number of benzene rings is 1. The number of β-amino-alcohol motifs (C(OH)–C–C–N with tert-alkyl or cyclic N) is 1. The van der Waals surface area contributed by atoms with Crippen molar-refractivity contribution in [3.8, 4) is 0 Å². The van der Waals surface area contributed by atoms with Gasteiger partial charge in [0.1, 0.15) is 0 Å². The zero-order chi connectivity index (χ0) is 15.7. The van der Waals surface area contributed by atoms with Crippen molar-refractivity contribution in [3.63, 3.8) is 0 Å². The van der Waals surface area contributed by atoms with Gasteiger partial charge in [-0.25, -0.2) is 8.42 Å². The molecule has 21 heavy (non-hydrogen) atoms. The lowest BCUT2D eigenvalue weighted by Crippen LogP contribution is -2.51. The molecule has 7 heteroatoms. The highest BCUT2D eigenvalue weighted by molar-refractivity contribution is 9.10. The lowest BCUT2D eigenvalue weighted by atomic mass is 10.1. The maximum absolute atomic E-state index is 12.5. The Morgan fingerprint density at radius 1 is 1.14 bits per heavy atom. The van der Waals surface area contributed by atoms with Crippen LogP contribution in [0.4, 0.5) is 0 Å². The van der Waals surface area contributed by atoms with Crippen LogP contribution in [0.25, 0.3) is 0 Å². The van der Waals surface area contributed by atoms with Crippen molar-refractivity contribution in [2.45, 2.75) is 24.3 Å². The quantitative estimate of drug-likeness (QED) is 0.865. The summed E-state index contributed by atoms with van der Waals surface area (Å²) in [6, 6.07) is 6.69. The Morgan fingerprint density at radius 3 is 2.14 bits per heavy atom. The highest BCUT2D eigenvalue weighted by Crippen LogP contribution is 2.20. The third-order valence-corrected chi connectivity index (χ3v) is 5.83. The van der Waals surface area contributed by atoms with Crippen LogP contribution < -0.4 is 0 Å². The minimum absolute atomic E-state index is 0.321. The van der Waals surface area contributed by atoms with Crippen molar-refractivity contribution in [1.82, 2.24) is 9.21 Å². The summed E-state index contributed by atoms with van der Waals surface area (Å²) in [6.07, 6.45) is 0. The molecule has 1 saturated heterocycles. The normalized spacial score (nSPS) is 18.9. The second-order valence-corrected chi connectivity index (χ2v) is 8.80. The van der Waals surface area contributed by atoms with Gasteiger partial charge in [0.25, 0.3) is 0 Å². The molecule has 0 atom stereocenters. The second-order valence-electron chi connectivity index (χ2n) is 5.95. The van der Waals surface area contributed by atoms with Crippen LogP contribution in [0, 0.1) is 0 Å². The van der Waals surface area contributed by atoms with Crippen LogP contribution in [0.3, 0.4) is 0 Å². The van der Waals surface area contributed by atoms with E-state index in [1.54, 1.807) is 38.1 Å². The predicted octanol–water partition coefficient (Wildman–Crippen LogP) is 1.53. The minimum atomic E-state index is -3.42. The van der Waals surface area contributed by atoms with Crippen molar-refractivity contribution >= 4 is 26.0 Å². The summed E-state index contributed by atoms with van der Waals surface area (Å²) in [5.41, 5.74) is -0.757. The van der Waals surface area contributed by atoms with Gasteiger partial charge in [0.15, 0.2) is 0 Å². The molecule has 1 aromatic rings. The van der Waals surface area contributed by atoms with Crippen LogP contribution in [0.15, 0.2) is 33.6 Å². The van der Waals surface area contributed by atoms with E-state index in [1.807, 2.05) is 0 Å². The predicted molar refractivity (Wildman–Crippen MR) is 85.6 cm³/mol. The summed E-state index contributed by atoms with van der Waals surface area (Å²) in [5.74, 6) is 0. The van der Waals surface area contributed by atoms with Gasteiger partial charge in [-0.15, -0.1) is 0 Å². The van der Waals surface area contributed by atoms with Crippen molar-refractivity contribution in [1.29, 1.82) is 0 Å². The summed E-state index contributed by atoms with van der Waals surface area (Å²) in [4.78, 5) is 2.41. The molecule has 0 unspecified atom stereocenters. The van der Waals surface area contributed by atoms with Gasteiger partial charge in [-0.3, -0.25) is 4.90 Å². The molecule has 1 aliphatic rings. The average molecular weight is 377 g/mol. The Labute approximate surface area is 134 Å². The van der Waals surface area contributed by atoms with Crippen LogP contribution in [0.2, 0.25) is 0 Å². The van der Waals surface area contributed by atoms with E-state index in [4.69, 9.17) is 0 Å². The van der Waals surface area contributed by atoms with E-state index in [0.29, 0.717) is 37.6 Å². The van der Waals surface area contributed by atoms with Gasteiger partial charge in [0, 0.05) is 37.2 Å². The van der Waals surface area contributed by atoms with E-state index in [9.17, 15) is 13.5 Å². The van der Waals surface area contributed by atoms with Crippen molar-refractivity contribution in [2.75, 3.05) is 32.7 Å². The van der Waals surface area contributed by atoms with Crippen LogP contribution >= 0.6 is 15.9 Å². The Morgan fingerprint density at radius 2 is 1.67 bits per heavy atom. The molecule has 5 nitrogen and oxygen atoms in total. The summed E-state index contributed by atoms with van der Waals surface area (Å²) >= 11 is 3.31. The smallest absolute Gasteiger partial charge is 0.243 e. The zero-order valence-corrected chi connectivity index (χ0v) is 14.7. The number of hydrogen-bond acceptors (Lipinski definition) is 4. The lowest BCUT2D eigenvalue weighted by molar-refractivity contribution is 0.0263. The second kappa shape index (κ2) is 6.34. The maximum Gasteiger partial charge on any atom is 0.243 e. The van der Waals surface area contributed by atoms with Crippen LogP contribution in [0.5, 0.6) is 0 Å². The summed E-state index contributed by atoms with van der Waals surface area (Å²) in [7, 11) is -3.42. The van der Waals surface area contributed by atoms with Gasteiger partial charge >= 0.3 is 0 Å². The topological polar surface area (TPSA) is 60.9 Å².